The molecule has 9 heteroatoms. The molecule has 0 aliphatic carbocycles. The topological polar surface area (TPSA) is 90.3 Å². The predicted molar refractivity (Wildman–Crippen MR) is 111 cm³/mol. The van der Waals surface area contributed by atoms with Gasteiger partial charge in [-0.05, 0) is 42.8 Å². The van der Waals surface area contributed by atoms with E-state index in [1.54, 1.807) is 31.4 Å². The van der Waals surface area contributed by atoms with Crippen molar-refractivity contribution >= 4 is 21.6 Å². The van der Waals surface area contributed by atoms with E-state index in [1.165, 1.54) is 22.9 Å². The molecule has 1 aliphatic rings. The Bertz CT molecular complexity index is 1190. The summed E-state index contributed by atoms with van der Waals surface area (Å²) in [5.74, 6) is -0.254. The lowest BCUT2D eigenvalue weighted by Gasteiger charge is -2.14. The number of amides is 1. The zero-order valence-electron chi connectivity index (χ0n) is 16.2. The molecule has 2 heterocycles. The van der Waals surface area contributed by atoms with Crippen LogP contribution in [0.25, 0.3) is 11.3 Å². The van der Waals surface area contributed by atoms with Gasteiger partial charge in [-0.15, -0.1) is 0 Å². The molecule has 1 aliphatic heterocycles. The lowest BCUT2D eigenvalue weighted by atomic mass is 10.1. The third-order valence-corrected chi connectivity index (χ3v) is 6.79. The van der Waals surface area contributed by atoms with Gasteiger partial charge < -0.3 is 10.1 Å². The van der Waals surface area contributed by atoms with Gasteiger partial charge in [0.2, 0.25) is 0 Å². The Balaban J connectivity index is 1.70. The average Bonchev–Trinajstić information content (AvgIpc) is 3.31. The number of benzene rings is 2. The number of nitrogens with one attached hydrogen (secondary N) is 1. The van der Waals surface area contributed by atoms with E-state index in [2.05, 4.69) is 10.4 Å². The largest absolute Gasteiger partial charge is 0.497 e. The zero-order chi connectivity index (χ0) is 21.3. The summed E-state index contributed by atoms with van der Waals surface area (Å²) >= 11 is 0. The fraction of sp³-hybridized carbons (Fsp3) is 0.238. The van der Waals surface area contributed by atoms with E-state index >= 15 is 0 Å². The highest BCUT2D eigenvalue weighted by molar-refractivity contribution is 7.91. The van der Waals surface area contributed by atoms with Crippen LogP contribution in [0.2, 0.25) is 0 Å². The van der Waals surface area contributed by atoms with Gasteiger partial charge in [-0.3, -0.25) is 4.79 Å². The molecule has 1 unspecified atom stereocenters. The minimum Gasteiger partial charge on any atom is -0.497 e. The smallest absolute Gasteiger partial charge is 0.259 e. The molecule has 30 heavy (non-hydrogen) atoms. The number of aromatic nitrogens is 2. The highest BCUT2D eigenvalue weighted by Crippen LogP contribution is 2.31. The van der Waals surface area contributed by atoms with Gasteiger partial charge in [0, 0.05) is 11.6 Å². The standard InChI is InChI=1S/C21H20FN3O4S/c1-29-16-8-6-14(7-9-16)19-12-20(23-21(26)17-4-2-3-5-18(17)22)25(24-19)15-10-11-30(27,28)13-15/h2-9,12,15H,10-11,13H2,1H3,(H,23,26). The van der Waals surface area contributed by atoms with Crippen molar-refractivity contribution in [1.29, 1.82) is 0 Å². The molecular weight excluding hydrogens is 409 g/mol. The van der Waals surface area contributed by atoms with Gasteiger partial charge in [0.15, 0.2) is 9.84 Å². The van der Waals surface area contributed by atoms with Gasteiger partial charge in [0.1, 0.15) is 17.4 Å². The Morgan fingerprint density at radius 1 is 1.20 bits per heavy atom. The predicted octanol–water partition coefficient (Wildman–Crippen LogP) is 3.31. The molecular formula is C21H20FN3O4S. The van der Waals surface area contributed by atoms with Crippen LogP contribution in [0.3, 0.4) is 0 Å². The molecule has 1 amide bonds. The Kier molecular flexibility index (Phi) is 5.29. The van der Waals surface area contributed by atoms with Gasteiger partial charge in [0.05, 0.1) is 35.9 Å². The summed E-state index contributed by atoms with van der Waals surface area (Å²) in [5, 5.41) is 7.24. The lowest BCUT2D eigenvalue weighted by Crippen LogP contribution is -2.20. The van der Waals surface area contributed by atoms with Crippen molar-refractivity contribution in [2.24, 2.45) is 0 Å². The number of ether oxygens (including phenoxy) is 1. The third-order valence-electron chi connectivity index (χ3n) is 5.04. The van der Waals surface area contributed by atoms with Crippen molar-refractivity contribution in [1.82, 2.24) is 9.78 Å². The van der Waals surface area contributed by atoms with Crippen LogP contribution in [0.1, 0.15) is 22.8 Å². The quantitative estimate of drug-likeness (QED) is 0.672. The van der Waals surface area contributed by atoms with Crippen LogP contribution in [-0.4, -0.2) is 42.7 Å². The maximum Gasteiger partial charge on any atom is 0.259 e. The molecule has 0 spiro atoms. The first kappa shape index (κ1) is 20.1. The fourth-order valence-corrected chi connectivity index (χ4v) is 5.16. The number of carbonyl (C=O) groups excluding carboxylic acids is 1. The van der Waals surface area contributed by atoms with Crippen molar-refractivity contribution in [2.75, 3.05) is 23.9 Å². The number of anilines is 1. The van der Waals surface area contributed by atoms with Gasteiger partial charge in [-0.2, -0.15) is 5.10 Å². The van der Waals surface area contributed by atoms with E-state index in [9.17, 15) is 17.6 Å². The van der Waals surface area contributed by atoms with Crippen molar-refractivity contribution in [3.05, 3.63) is 66.0 Å². The molecule has 0 bridgehead atoms. The normalized spacial score (nSPS) is 17.6. The van der Waals surface area contributed by atoms with Crippen LogP contribution in [0.15, 0.2) is 54.6 Å². The molecule has 1 atom stereocenters. The van der Waals surface area contributed by atoms with Gasteiger partial charge in [-0.1, -0.05) is 12.1 Å². The van der Waals surface area contributed by atoms with Crippen molar-refractivity contribution in [2.45, 2.75) is 12.5 Å². The molecule has 1 saturated heterocycles. The average molecular weight is 429 g/mol. The number of methoxy groups -OCH3 is 1. The Labute approximate surface area is 173 Å². The van der Waals surface area contributed by atoms with Crippen LogP contribution >= 0.6 is 0 Å². The van der Waals surface area contributed by atoms with Crippen LogP contribution in [0.5, 0.6) is 5.75 Å². The number of carbonyl (C=O) groups is 1. The summed E-state index contributed by atoms with van der Waals surface area (Å²) in [6.45, 7) is 0. The molecule has 1 N–H and O–H groups in total. The number of hydrogen-bond acceptors (Lipinski definition) is 5. The monoisotopic (exact) mass is 429 g/mol. The molecule has 1 aromatic heterocycles. The highest BCUT2D eigenvalue weighted by atomic mass is 32.2. The zero-order valence-corrected chi connectivity index (χ0v) is 17.0. The first-order valence-corrected chi connectivity index (χ1v) is 11.2. The third kappa shape index (κ3) is 4.06. The van der Waals surface area contributed by atoms with Crippen molar-refractivity contribution in [3.8, 4) is 17.0 Å². The number of hydrogen-bond donors (Lipinski definition) is 1. The molecule has 156 valence electrons. The summed E-state index contributed by atoms with van der Waals surface area (Å²) < 4.78 is 44.6. The molecule has 3 aromatic rings. The van der Waals surface area contributed by atoms with Gasteiger partial charge >= 0.3 is 0 Å². The number of halogens is 1. The second-order valence-electron chi connectivity index (χ2n) is 7.08. The minimum atomic E-state index is -3.16. The Hall–Kier alpha value is -3.20. The Morgan fingerprint density at radius 3 is 2.57 bits per heavy atom. The maximum atomic E-state index is 14.0. The van der Waals surface area contributed by atoms with E-state index in [-0.39, 0.29) is 17.1 Å². The van der Waals surface area contributed by atoms with Crippen LogP contribution in [0, 0.1) is 5.82 Å². The first-order valence-electron chi connectivity index (χ1n) is 9.36. The van der Waals surface area contributed by atoms with E-state index < -0.39 is 27.6 Å². The highest BCUT2D eigenvalue weighted by Gasteiger charge is 2.32. The van der Waals surface area contributed by atoms with Crippen molar-refractivity contribution < 1.29 is 22.3 Å². The molecule has 2 aromatic carbocycles. The fourth-order valence-electron chi connectivity index (χ4n) is 3.47. The minimum absolute atomic E-state index is 0.0562. The summed E-state index contributed by atoms with van der Waals surface area (Å²) in [4.78, 5) is 12.6. The lowest BCUT2D eigenvalue weighted by molar-refractivity contribution is 0.102. The molecule has 0 radical (unpaired) electrons. The summed E-state index contributed by atoms with van der Waals surface area (Å²) in [7, 11) is -1.59. The van der Waals surface area contributed by atoms with Gasteiger partial charge in [0.25, 0.3) is 5.91 Å². The molecule has 1 fully saturated rings. The van der Waals surface area contributed by atoms with Gasteiger partial charge in [-0.25, -0.2) is 17.5 Å². The SMILES string of the molecule is COc1ccc(-c2cc(NC(=O)c3ccccc3F)n(C3CCS(=O)(=O)C3)n2)cc1. The molecule has 0 saturated carbocycles. The Morgan fingerprint density at radius 2 is 1.93 bits per heavy atom. The second-order valence-corrected chi connectivity index (χ2v) is 9.31. The summed E-state index contributed by atoms with van der Waals surface area (Å²) in [6.07, 6.45) is 0.397. The van der Waals surface area contributed by atoms with Crippen LogP contribution < -0.4 is 10.1 Å². The summed E-state index contributed by atoms with van der Waals surface area (Å²) in [5.41, 5.74) is 1.23. The van der Waals surface area contributed by atoms with E-state index in [0.29, 0.717) is 23.7 Å². The number of sulfone groups is 1. The maximum absolute atomic E-state index is 14.0. The van der Waals surface area contributed by atoms with Crippen LogP contribution in [-0.2, 0) is 9.84 Å². The van der Waals surface area contributed by atoms with E-state index in [1.807, 2.05) is 12.1 Å². The number of rotatable bonds is 5. The second kappa shape index (κ2) is 7.91. The number of nitrogens with zero attached hydrogens (tertiary/aromatic N) is 2. The molecule has 4 rings (SSSR count). The van der Waals surface area contributed by atoms with Crippen LogP contribution in [0.4, 0.5) is 10.2 Å². The summed E-state index contributed by atoms with van der Waals surface area (Å²) in [6, 6.07) is 14.1. The van der Waals surface area contributed by atoms with Crippen molar-refractivity contribution in [3.63, 3.8) is 0 Å². The molecule has 7 nitrogen and oxygen atoms in total. The van der Waals surface area contributed by atoms with E-state index in [0.717, 1.165) is 5.56 Å². The van der Waals surface area contributed by atoms with E-state index in [4.69, 9.17) is 4.74 Å². The first-order chi connectivity index (χ1) is 14.4.